The number of rotatable bonds is 0. The Hall–Kier alpha value is -13.1. The first-order valence-electron chi connectivity index (χ1n) is 34.9. The van der Waals surface area contributed by atoms with E-state index in [2.05, 4.69) is 82.9 Å². The molecule has 0 unspecified atom stereocenters. The molecule has 13 aromatic rings. The number of amides is 4. The van der Waals surface area contributed by atoms with Crippen molar-refractivity contribution < 1.29 is 60.1 Å². The van der Waals surface area contributed by atoms with Crippen molar-refractivity contribution in [1.82, 2.24) is 79.7 Å². The van der Waals surface area contributed by atoms with Crippen LogP contribution in [-0.4, -0.2) is 132 Å². The lowest BCUT2D eigenvalue weighted by atomic mass is 9.96. The van der Waals surface area contributed by atoms with Crippen LogP contribution in [0.15, 0.2) is 133 Å². The zero-order valence-electron chi connectivity index (χ0n) is 58.7. The zero-order chi connectivity index (χ0) is 74.6. The third-order valence-electron chi connectivity index (χ3n) is 19.7. The van der Waals surface area contributed by atoms with Crippen LogP contribution >= 0.6 is 0 Å². The van der Waals surface area contributed by atoms with E-state index in [-0.39, 0.29) is 84.5 Å². The second-order valence-electron chi connectivity index (χ2n) is 28.0. The quantitative estimate of drug-likeness (QED) is 0.0654. The first-order chi connectivity index (χ1) is 52.0. The minimum atomic E-state index is -0.646. The van der Waals surface area contributed by atoms with Crippen LogP contribution in [-0.2, 0) is 19.3 Å². The summed E-state index contributed by atoms with van der Waals surface area (Å²) in [4.78, 5) is 68.5. The van der Waals surface area contributed by atoms with Crippen LogP contribution in [0.25, 0.3) is 33.6 Å². The summed E-state index contributed by atoms with van der Waals surface area (Å²) in [5.74, 6) is 2.71. The molecule has 8 N–H and O–H groups in total. The summed E-state index contributed by atoms with van der Waals surface area (Å²) in [7, 11) is 0. The highest BCUT2D eigenvalue weighted by Crippen LogP contribution is 2.45. The number of ether oxygens (including phenoxy) is 4. The third-order valence-corrected chi connectivity index (χ3v) is 19.7. The number of furan rings is 1. The first kappa shape index (κ1) is 68.0. The highest BCUT2D eigenvalue weighted by Gasteiger charge is 2.41. The Morgan fingerprint density at radius 2 is 0.852 bits per heavy atom. The van der Waals surface area contributed by atoms with Gasteiger partial charge in [-0.15, -0.1) is 0 Å². The molecule has 4 amide bonds. The second kappa shape index (κ2) is 26.5. The van der Waals surface area contributed by atoms with Gasteiger partial charge < -0.3 is 65.9 Å². The Morgan fingerprint density at radius 3 is 1.31 bits per heavy atom. The maximum Gasteiger partial charge on any atom is 0.256 e. The fraction of sp³-hybridized carbons (Fsp3) is 0.280. The molecule has 20 rings (SSSR count). The largest absolute Gasteiger partial charge is 0.486 e. The van der Waals surface area contributed by atoms with Crippen LogP contribution < -0.4 is 61.5 Å². The van der Waals surface area contributed by atoms with E-state index in [0.717, 1.165) is 22.3 Å². The van der Waals surface area contributed by atoms with Crippen molar-refractivity contribution in [3.05, 3.63) is 213 Å². The predicted octanol–water partition coefficient (Wildman–Crippen LogP) is 9.96. The summed E-state index contributed by atoms with van der Waals surface area (Å²) in [5.41, 5.74) is 7.15. The van der Waals surface area contributed by atoms with Crippen molar-refractivity contribution in [2.75, 3.05) is 54.1 Å². The van der Waals surface area contributed by atoms with Gasteiger partial charge in [-0.1, -0.05) is 0 Å². The molecule has 0 aliphatic carbocycles. The smallest absolute Gasteiger partial charge is 0.256 e. The highest BCUT2D eigenvalue weighted by atomic mass is 19.1. The fourth-order valence-corrected chi connectivity index (χ4v) is 14.4. The van der Waals surface area contributed by atoms with Crippen LogP contribution in [0, 0.1) is 23.3 Å². The van der Waals surface area contributed by atoms with Crippen molar-refractivity contribution in [2.24, 2.45) is 0 Å². The average Bonchev–Trinajstić information content (AvgIpc) is 1.59. The Labute approximate surface area is 610 Å². The number of nitrogens with zero attached hydrogens (tertiary/aromatic N) is 12. The Morgan fingerprint density at radius 1 is 0.463 bits per heavy atom. The van der Waals surface area contributed by atoms with Gasteiger partial charge in [-0.25, -0.2) is 55.6 Å². The molecule has 7 atom stereocenters. The highest BCUT2D eigenvalue weighted by molar-refractivity contribution is 6.02. The van der Waals surface area contributed by atoms with Gasteiger partial charge in [0.05, 0.1) is 68.6 Å². The molecule has 4 aromatic carbocycles. The molecule has 550 valence electrons. The molecule has 0 saturated carbocycles. The molecule has 108 heavy (non-hydrogen) atoms. The number of benzene rings is 4. The maximum atomic E-state index is 14.2. The number of nitrogens with one attached hydrogen (secondary N) is 8. The van der Waals surface area contributed by atoms with Gasteiger partial charge in [-0.05, 0) is 114 Å². The van der Waals surface area contributed by atoms with Gasteiger partial charge in [-0.3, -0.25) is 19.2 Å². The number of carbonyl (C=O) groups excluding carboxylic acids is 4. The first-order valence-corrected chi connectivity index (χ1v) is 34.9. The number of anilines is 4. The van der Waals surface area contributed by atoms with E-state index in [1.807, 2.05) is 47.6 Å². The van der Waals surface area contributed by atoms with Gasteiger partial charge in [-0.2, -0.15) is 20.4 Å². The molecule has 0 saturated heterocycles. The van der Waals surface area contributed by atoms with E-state index >= 15 is 0 Å². The van der Waals surface area contributed by atoms with E-state index in [1.165, 1.54) is 77.8 Å². The van der Waals surface area contributed by atoms with Gasteiger partial charge >= 0.3 is 0 Å². The van der Waals surface area contributed by atoms with Crippen LogP contribution in [0.1, 0.15) is 146 Å². The van der Waals surface area contributed by atoms with Gasteiger partial charge in [0.25, 0.3) is 23.6 Å². The monoisotopic (exact) mass is 1470 g/mol. The summed E-state index contributed by atoms with van der Waals surface area (Å²) in [5, 5.41) is 42.0. The Bertz CT molecular complexity index is 5690. The number of halogens is 4. The van der Waals surface area contributed by atoms with Crippen molar-refractivity contribution in [3.63, 3.8) is 0 Å². The molecule has 0 fully saturated rings. The summed E-state index contributed by atoms with van der Waals surface area (Å²) >= 11 is 0. The number of fused-ring (bicyclic) bond motifs is 8. The predicted molar refractivity (Wildman–Crippen MR) is 384 cm³/mol. The Balaban J connectivity index is 0.000000105. The molecule has 16 bridgehead atoms. The normalized spacial score (nSPS) is 21.5. The van der Waals surface area contributed by atoms with Crippen molar-refractivity contribution in [2.45, 2.75) is 102 Å². The van der Waals surface area contributed by atoms with Crippen LogP contribution in [0.2, 0.25) is 0 Å². The molecule has 9 aromatic heterocycles. The number of carbonyl (C=O) groups is 4. The number of hydrogen-bond acceptors (Lipinski definition) is 21. The van der Waals surface area contributed by atoms with E-state index < -0.39 is 17.0 Å². The van der Waals surface area contributed by atoms with Crippen LogP contribution in [0.5, 0.6) is 23.0 Å². The van der Waals surface area contributed by atoms with Crippen LogP contribution in [0.3, 0.4) is 0 Å². The van der Waals surface area contributed by atoms with E-state index in [9.17, 15) is 36.7 Å². The number of hydrogen-bond donors (Lipinski definition) is 8. The summed E-state index contributed by atoms with van der Waals surface area (Å²) in [6.07, 6.45) is 14.1. The lowest BCUT2D eigenvalue weighted by Gasteiger charge is -2.30. The van der Waals surface area contributed by atoms with Gasteiger partial charge in [0.15, 0.2) is 34.1 Å². The fourth-order valence-electron chi connectivity index (χ4n) is 14.4. The molecule has 7 aliphatic rings. The number of aromatic nitrogens is 12. The molecular formula is C75H68F4N20O9. The lowest BCUT2D eigenvalue weighted by Crippen LogP contribution is -2.44. The SMILES string of the molecule is C[C@H]1Nc2ccn3ncc(c3n2)C(=O)NCCc2cc3cc(F)cc1c3o2.C[C@H]1Nc2ccn3ncc(c3n2)C(=O)NC[C@@H]2COc3cc(F)cc1c3O2.C[C@H]1Nc2ccn3ncc(c3n2)C(=O)NC[C@@]2(C)Cc3cc(F)cc1c3O2.C[C@H]1Nc2ccn3ncc(c3n2)C(=O)NC[C@]2(C)Cc3cc(F)cc1c3O2. The molecule has 29 nitrogen and oxygen atoms in total. The van der Waals surface area contributed by atoms with Crippen LogP contribution in [0.4, 0.5) is 40.8 Å². The van der Waals surface area contributed by atoms with Gasteiger partial charge in [0, 0.05) is 95.4 Å². The zero-order valence-corrected chi connectivity index (χ0v) is 58.7. The maximum absolute atomic E-state index is 14.2. The van der Waals surface area contributed by atoms with E-state index in [1.54, 1.807) is 62.6 Å². The molecule has 0 radical (unpaired) electrons. The average molecular weight is 1470 g/mol. The lowest BCUT2D eigenvalue weighted by molar-refractivity contribution is 0.0779. The minimum absolute atomic E-state index is 0.216. The summed E-state index contributed by atoms with van der Waals surface area (Å²) in [6, 6.07) is 19.5. The van der Waals surface area contributed by atoms with Gasteiger partial charge in [0.2, 0.25) is 0 Å². The molecule has 7 aliphatic heterocycles. The Kier molecular flexibility index (Phi) is 16.7. The summed E-state index contributed by atoms with van der Waals surface area (Å²) < 4.78 is 92.9. The molecule has 16 heterocycles. The standard InChI is InChI=1S/2C19H18FN5O2.C19H16FN5O2.C18H16FN5O3/c2*1-10-13-6-12(20)5-11-7-19(2,27-16(11)13)9-21-18(26)14-8-22-25-4-3-15(23-10)24-17(14)25;1-10-14-8-12(20)6-11-7-13(27-17(11)14)2-4-21-19(26)15-9-22-25-5-3-16(23-10)24-18(15)25;1-9-12-4-10(19)5-14-16(12)27-11(8-26-14)6-20-18(25)13-7-21-24-3-2-15(22-9)23-17(13)24/h2*3-6,8,10H,7,9H2,1-2H3,(H,21,26)(H,23,24);3,5-10H,2,4H2,1H3,(H,21,26)(H,23,24);2-5,7,9,11H,6,8H2,1H3,(H,20,25)(H,22,23)/t10-,19+;10-,19-;10-;9-,11-/m1111/s1. The third kappa shape index (κ3) is 12.9. The van der Waals surface area contributed by atoms with Crippen molar-refractivity contribution in [1.29, 1.82) is 0 Å². The van der Waals surface area contributed by atoms with Crippen molar-refractivity contribution in [3.8, 4) is 23.0 Å². The summed E-state index contributed by atoms with van der Waals surface area (Å²) in [6.45, 7) is 12.9. The van der Waals surface area contributed by atoms with E-state index in [4.69, 9.17) is 23.4 Å². The topological polar surface area (TPSA) is 335 Å². The van der Waals surface area contributed by atoms with Crippen molar-refractivity contribution >= 4 is 80.5 Å². The molecule has 0 spiro atoms. The van der Waals surface area contributed by atoms with Gasteiger partial charge in [0.1, 0.15) is 116 Å². The molecule has 33 heteroatoms. The molecular weight excluding hydrogens is 1400 g/mol. The second-order valence-corrected chi connectivity index (χ2v) is 28.0. The van der Waals surface area contributed by atoms with E-state index in [0.29, 0.717) is 158 Å². The minimum Gasteiger partial charge on any atom is -0.486 e.